The van der Waals surface area contributed by atoms with Gasteiger partial charge in [-0.2, -0.15) is 0 Å². The van der Waals surface area contributed by atoms with Gasteiger partial charge in [0.1, 0.15) is 0 Å². The maximum absolute atomic E-state index is 11.9. The molecule has 0 aliphatic carbocycles. The van der Waals surface area contributed by atoms with Crippen LogP contribution in [0.3, 0.4) is 0 Å². The van der Waals surface area contributed by atoms with Gasteiger partial charge in [-0.1, -0.05) is 0 Å². The first kappa shape index (κ1) is 14.5. The van der Waals surface area contributed by atoms with Crippen molar-refractivity contribution in [2.45, 2.75) is 25.7 Å². The molecule has 1 saturated heterocycles. The summed E-state index contributed by atoms with van der Waals surface area (Å²) < 4.78 is 0. The first-order valence-corrected chi connectivity index (χ1v) is 6.69. The maximum atomic E-state index is 11.9. The maximum Gasteiger partial charge on any atom is 0.222 e. The second-order valence-electron chi connectivity index (χ2n) is 5.37. The highest BCUT2D eigenvalue weighted by molar-refractivity contribution is 5.75. The van der Waals surface area contributed by atoms with Crippen LogP contribution in [0.5, 0.6) is 0 Å². The number of hydrogen-bond acceptors (Lipinski definition) is 3. The minimum Gasteiger partial charge on any atom is -0.344 e. The fourth-order valence-electron chi connectivity index (χ4n) is 2.16. The van der Waals surface area contributed by atoms with Crippen LogP contribution in [0.15, 0.2) is 0 Å². The van der Waals surface area contributed by atoms with Crippen molar-refractivity contribution in [1.82, 2.24) is 15.1 Å². The van der Waals surface area contributed by atoms with Crippen molar-refractivity contribution in [3.63, 3.8) is 0 Å². The van der Waals surface area contributed by atoms with Gasteiger partial charge in [0.05, 0.1) is 0 Å². The van der Waals surface area contributed by atoms with Gasteiger partial charge in [-0.25, -0.2) is 0 Å². The molecule has 0 radical (unpaired) electrons. The largest absolute Gasteiger partial charge is 0.344 e. The van der Waals surface area contributed by atoms with E-state index in [-0.39, 0.29) is 5.91 Å². The molecule has 1 unspecified atom stereocenters. The summed E-state index contributed by atoms with van der Waals surface area (Å²) in [6.45, 7) is 4.00. The number of amides is 1. The van der Waals surface area contributed by atoms with Crippen molar-refractivity contribution >= 4 is 5.91 Å². The molecule has 1 fully saturated rings. The molecule has 0 saturated carbocycles. The van der Waals surface area contributed by atoms with E-state index in [0.717, 1.165) is 32.6 Å². The fraction of sp³-hybridized carbons (Fsp3) is 0.923. The van der Waals surface area contributed by atoms with Gasteiger partial charge in [-0.3, -0.25) is 4.79 Å². The van der Waals surface area contributed by atoms with Crippen LogP contribution in [0.2, 0.25) is 0 Å². The van der Waals surface area contributed by atoms with E-state index >= 15 is 0 Å². The average Bonchev–Trinajstić information content (AvgIpc) is 2.34. The predicted octanol–water partition coefficient (Wildman–Crippen LogP) is 0.786. The summed E-state index contributed by atoms with van der Waals surface area (Å²) in [5.41, 5.74) is 0. The number of likely N-dealkylation sites (N-methyl/N-ethyl adjacent to an activating group) is 2. The van der Waals surface area contributed by atoms with Crippen LogP contribution in [0.25, 0.3) is 0 Å². The molecule has 0 bridgehead atoms. The SMILES string of the molecule is CN(C)CCN(C)C(=O)CCC1CCCNC1. The van der Waals surface area contributed by atoms with Crippen molar-refractivity contribution in [1.29, 1.82) is 0 Å². The minimum atomic E-state index is 0.289. The van der Waals surface area contributed by atoms with E-state index in [1.165, 1.54) is 12.8 Å². The summed E-state index contributed by atoms with van der Waals surface area (Å²) in [5, 5.41) is 3.40. The lowest BCUT2D eigenvalue weighted by Gasteiger charge is -2.24. The second-order valence-corrected chi connectivity index (χ2v) is 5.37. The molecule has 1 rings (SSSR count). The highest BCUT2D eigenvalue weighted by Gasteiger charge is 2.16. The highest BCUT2D eigenvalue weighted by atomic mass is 16.2. The number of carbonyl (C=O) groups is 1. The molecule has 1 amide bonds. The van der Waals surface area contributed by atoms with Crippen LogP contribution in [-0.2, 0) is 4.79 Å². The molecular weight excluding hydrogens is 214 g/mol. The molecule has 1 N–H and O–H groups in total. The Morgan fingerprint density at radius 2 is 2.06 bits per heavy atom. The van der Waals surface area contributed by atoms with E-state index in [9.17, 15) is 4.79 Å². The van der Waals surface area contributed by atoms with Gasteiger partial charge in [0, 0.05) is 26.6 Å². The first-order valence-electron chi connectivity index (χ1n) is 6.69. The Bertz CT molecular complexity index is 225. The lowest BCUT2D eigenvalue weighted by Crippen LogP contribution is -2.34. The van der Waals surface area contributed by atoms with E-state index in [2.05, 4.69) is 10.2 Å². The zero-order valence-electron chi connectivity index (χ0n) is 11.5. The van der Waals surface area contributed by atoms with E-state index < -0.39 is 0 Å². The summed E-state index contributed by atoms with van der Waals surface area (Å²) in [4.78, 5) is 15.8. The molecule has 0 aromatic heterocycles. The number of hydrogen-bond donors (Lipinski definition) is 1. The highest BCUT2D eigenvalue weighted by Crippen LogP contribution is 2.16. The minimum absolute atomic E-state index is 0.289. The Labute approximate surface area is 105 Å². The summed E-state index contributed by atoms with van der Waals surface area (Å²) in [6, 6.07) is 0. The Morgan fingerprint density at radius 1 is 1.29 bits per heavy atom. The van der Waals surface area contributed by atoms with Gasteiger partial charge >= 0.3 is 0 Å². The van der Waals surface area contributed by atoms with Crippen LogP contribution >= 0.6 is 0 Å². The van der Waals surface area contributed by atoms with Gasteiger partial charge in [0.15, 0.2) is 0 Å². The second kappa shape index (κ2) is 7.67. The molecule has 1 aliphatic rings. The molecule has 17 heavy (non-hydrogen) atoms. The molecule has 1 atom stereocenters. The van der Waals surface area contributed by atoms with E-state index in [4.69, 9.17) is 0 Å². The third-order valence-electron chi connectivity index (χ3n) is 3.47. The number of nitrogens with one attached hydrogen (secondary N) is 1. The molecule has 0 aromatic carbocycles. The predicted molar refractivity (Wildman–Crippen MR) is 71.0 cm³/mol. The van der Waals surface area contributed by atoms with E-state index in [1.54, 1.807) is 0 Å². The van der Waals surface area contributed by atoms with Crippen LogP contribution < -0.4 is 5.32 Å². The third-order valence-corrected chi connectivity index (χ3v) is 3.47. The Morgan fingerprint density at radius 3 is 2.65 bits per heavy atom. The van der Waals surface area contributed by atoms with E-state index in [1.807, 2.05) is 26.0 Å². The number of carbonyl (C=O) groups excluding carboxylic acids is 1. The number of piperidine rings is 1. The quantitative estimate of drug-likeness (QED) is 0.747. The molecule has 0 spiro atoms. The van der Waals surface area contributed by atoms with Gasteiger partial charge in [0.25, 0.3) is 0 Å². The number of rotatable bonds is 6. The lowest BCUT2D eigenvalue weighted by molar-refractivity contribution is -0.130. The normalized spacial score (nSPS) is 20.6. The van der Waals surface area contributed by atoms with Gasteiger partial charge in [0.2, 0.25) is 5.91 Å². The summed E-state index contributed by atoms with van der Waals surface area (Å²) in [5.74, 6) is 0.993. The van der Waals surface area contributed by atoms with Crippen LogP contribution in [-0.4, -0.2) is 63.0 Å². The van der Waals surface area contributed by atoms with Crippen LogP contribution in [0.1, 0.15) is 25.7 Å². The molecular formula is C13H27N3O. The van der Waals surface area contributed by atoms with Gasteiger partial charge in [-0.05, 0) is 52.4 Å². The lowest BCUT2D eigenvalue weighted by atomic mass is 9.94. The topological polar surface area (TPSA) is 35.6 Å². The van der Waals surface area contributed by atoms with Crippen LogP contribution in [0, 0.1) is 5.92 Å². The van der Waals surface area contributed by atoms with Crippen molar-refractivity contribution in [2.24, 2.45) is 5.92 Å². The average molecular weight is 241 g/mol. The first-order chi connectivity index (χ1) is 8.09. The van der Waals surface area contributed by atoms with Crippen molar-refractivity contribution in [2.75, 3.05) is 47.3 Å². The molecule has 0 aromatic rings. The smallest absolute Gasteiger partial charge is 0.222 e. The summed E-state index contributed by atoms with van der Waals surface area (Å²) in [6.07, 6.45) is 4.28. The zero-order valence-corrected chi connectivity index (χ0v) is 11.5. The van der Waals surface area contributed by atoms with Crippen LogP contribution in [0.4, 0.5) is 0 Å². The van der Waals surface area contributed by atoms with E-state index in [0.29, 0.717) is 12.3 Å². The fourth-order valence-corrected chi connectivity index (χ4v) is 2.16. The Kier molecular flexibility index (Phi) is 6.52. The zero-order chi connectivity index (χ0) is 12.7. The molecule has 1 heterocycles. The van der Waals surface area contributed by atoms with Crippen molar-refractivity contribution in [3.05, 3.63) is 0 Å². The van der Waals surface area contributed by atoms with Crippen molar-refractivity contribution in [3.8, 4) is 0 Å². The van der Waals surface area contributed by atoms with Crippen molar-refractivity contribution < 1.29 is 4.79 Å². The van der Waals surface area contributed by atoms with Gasteiger partial charge in [-0.15, -0.1) is 0 Å². The van der Waals surface area contributed by atoms with Gasteiger partial charge < -0.3 is 15.1 Å². The molecule has 100 valence electrons. The third kappa shape index (κ3) is 6.03. The Balaban J connectivity index is 2.14. The molecule has 1 aliphatic heterocycles. The monoisotopic (exact) mass is 241 g/mol. The molecule has 4 nitrogen and oxygen atoms in total. The Hall–Kier alpha value is -0.610. The molecule has 4 heteroatoms. The standard InChI is InChI=1S/C13H27N3O/c1-15(2)9-10-16(3)13(17)7-6-12-5-4-8-14-11-12/h12,14H,4-11H2,1-3H3. The number of nitrogens with zero attached hydrogens (tertiary/aromatic N) is 2. The summed E-state index contributed by atoms with van der Waals surface area (Å²) >= 11 is 0. The summed E-state index contributed by atoms with van der Waals surface area (Å²) in [7, 11) is 5.98.